The average molecular weight is 530 g/mol. The van der Waals surface area contributed by atoms with Gasteiger partial charge in [-0.05, 0) is 70.6 Å². The largest absolute Gasteiger partial charge is 0.444 e. The summed E-state index contributed by atoms with van der Waals surface area (Å²) in [4.78, 5) is 41.6. The molecular formula is C31H51N3O4. The van der Waals surface area contributed by atoms with Crippen molar-refractivity contribution in [2.45, 2.75) is 130 Å². The highest BCUT2D eigenvalue weighted by molar-refractivity contribution is 5.91. The van der Waals surface area contributed by atoms with Crippen molar-refractivity contribution < 1.29 is 19.1 Å². The lowest BCUT2D eigenvalue weighted by Gasteiger charge is -2.35. The molecule has 0 radical (unpaired) electrons. The summed E-state index contributed by atoms with van der Waals surface area (Å²) in [7, 11) is 0. The van der Waals surface area contributed by atoms with Gasteiger partial charge in [-0.15, -0.1) is 0 Å². The second-order valence-electron chi connectivity index (χ2n) is 11.8. The van der Waals surface area contributed by atoms with Gasteiger partial charge < -0.3 is 20.3 Å². The number of ether oxygens (including phenoxy) is 1. The number of rotatable bonds is 13. The quantitative estimate of drug-likeness (QED) is 0.285. The number of nitrogens with one attached hydrogen (secondary N) is 2. The molecule has 7 heteroatoms. The van der Waals surface area contributed by atoms with Crippen LogP contribution in [0.25, 0.3) is 0 Å². The van der Waals surface area contributed by atoms with Crippen LogP contribution in [0.4, 0.5) is 4.79 Å². The van der Waals surface area contributed by atoms with Gasteiger partial charge in [0.25, 0.3) is 0 Å². The molecule has 1 aliphatic rings. The van der Waals surface area contributed by atoms with Crippen molar-refractivity contribution in [3.05, 3.63) is 34.9 Å². The van der Waals surface area contributed by atoms with Crippen LogP contribution in [0, 0.1) is 13.8 Å². The number of hydrogen-bond donors (Lipinski definition) is 2. The van der Waals surface area contributed by atoms with Gasteiger partial charge in [-0.2, -0.15) is 0 Å². The number of aryl methyl sites for hydroxylation is 2. The van der Waals surface area contributed by atoms with Crippen molar-refractivity contribution in [3.8, 4) is 0 Å². The first kappa shape index (κ1) is 31.6. The maximum Gasteiger partial charge on any atom is 0.408 e. The second kappa shape index (κ2) is 15.7. The van der Waals surface area contributed by atoms with E-state index >= 15 is 0 Å². The molecule has 2 rings (SSSR count). The zero-order valence-corrected chi connectivity index (χ0v) is 24.7. The molecule has 0 bridgehead atoms. The molecule has 7 nitrogen and oxygen atoms in total. The van der Waals surface area contributed by atoms with E-state index in [1.54, 1.807) is 25.7 Å². The Bertz CT molecular complexity index is 883. The highest BCUT2D eigenvalue weighted by Crippen LogP contribution is 2.29. The molecule has 1 atom stereocenters. The first-order chi connectivity index (χ1) is 18.0. The fraction of sp³-hybridized carbons (Fsp3) is 0.710. The smallest absolute Gasteiger partial charge is 0.408 e. The van der Waals surface area contributed by atoms with Crippen LogP contribution in [0.15, 0.2) is 18.2 Å². The molecule has 3 amide bonds. The molecule has 0 aliphatic heterocycles. The Kier molecular flexibility index (Phi) is 13.1. The number of benzene rings is 1. The summed E-state index contributed by atoms with van der Waals surface area (Å²) in [5.74, 6) is -0.415. The number of unbranched alkanes of at least 4 members (excludes halogenated alkanes) is 5. The number of nitrogens with zero attached hydrogens (tertiary/aromatic N) is 1. The standard InChI is InChI=1S/C31H51N3O4/c1-7-8-9-10-11-15-21-34(26(35)22-32-30(37)38-31(4,5)6)28(27-23(2)17-16-18-24(27)3)29(36)33-25-19-13-12-14-20-25/h16-18,25,28H,7-15,19-22H2,1-6H3,(H,32,37)(H,33,36). The number of carbonyl (C=O) groups is 3. The third-order valence-electron chi connectivity index (χ3n) is 7.18. The second-order valence-corrected chi connectivity index (χ2v) is 11.8. The summed E-state index contributed by atoms with van der Waals surface area (Å²) >= 11 is 0. The molecule has 1 fully saturated rings. The van der Waals surface area contributed by atoms with Crippen molar-refractivity contribution in [1.82, 2.24) is 15.5 Å². The molecule has 0 saturated heterocycles. The van der Waals surface area contributed by atoms with Crippen LogP contribution >= 0.6 is 0 Å². The monoisotopic (exact) mass is 529 g/mol. The first-order valence-electron chi connectivity index (χ1n) is 14.7. The summed E-state index contributed by atoms with van der Waals surface area (Å²) < 4.78 is 5.34. The highest BCUT2D eigenvalue weighted by Gasteiger charge is 2.34. The molecule has 1 saturated carbocycles. The summed E-state index contributed by atoms with van der Waals surface area (Å²) in [5.41, 5.74) is 2.17. The minimum atomic E-state index is -0.748. The lowest BCUT2D eigenvalue weighted by molar-refractivity contribution is -0.140. The molecule has 0 spiro atoms. The molecule has 214 valence electrons. The van der Waals surface area contributed by atoms with Crippen molar-refractivity contribution in [3.63, 3.8) is 0 Å². The molecule has 1 aliphatic carbocycles. The van der Waals surface area contributed by atoms with Crippen LogP contribution in [-0.4, -0.2) is 47.5 Å². The van der Waals surface area contributed by atoms with Crippen LogP contribution in [0.5, 0.6) is 0 Å². The van der Waals surface area contributed by atoms with Gasteiger partial charge >= 0.3 is 6.09 Å². The maximum absolute atomic E-state index is 13.9. The fourth-order valence-corrected chi connectivity index (χ4v) is 5.24. The summed E-state index contributed by atoms with van der Waals surface area (Å²) in [6.07, 6.45) is 11.2. The number of alkyl carbamates (subject to hydrolysis) is 1. The Morgan fingerprint density at radius 2 is 1.58 bits per heavy atom. The van der Waals surface area contributed by atoms with Gasteiger partial charge in [-0.3, -0.25) is 9.59 Å². The van der Waals surface area contributed by atoms with Crippen LogP contribution in [0.3, 0.4) is 0 Å². The molecule has 1 aromatic carbocycles. The highest BCUT2D eigenvalue weighted by atomic mass is 16.6. The predicted octanol–water partition coefficient (Wildman–Crippen LogP) is 6.51. The molecule has 0 heterocycles. The fourth-order valence-electron chi connectivity index (χ4n) is 5.24. The number of hydrogen-bond acceptors (Lipinski definition) is 4. The van der Waals surface area contributed by atoms with Crippen LogP contribution in [-0.2, 0) is 14.3 Å². The van der Waals surface area contributed by atoms with Crippen molar-refractivity contribution >= 4 is 17.9 Å². The Hall–Kier alpha value is -2.57. The van der Waals surface area contributed by atoms with Crippen LogP contribution in [0.2, 0.25) is 0 Å². The van der Waals surface area contributed by atoms with Crippen molar-refractivity contribution in [1.29, 1.82) is 0 Å². The summed E-state index contributed by atoms with van der Waals surface area (Å²) in [6.45, 7) is 11.8. The predicted molar refractivity (Wildman–Crippen MR) is 153 cm³/mol. The third-order valence-corrected chi connectivity index (χ3v) is 7.18. The molecule has 38 heavy (non-hydrogen) atoms. The van der Waals surface area contributed by atoms with Gasteiger partial charge in [0.2, 0.25) is 11.8 Å². The van der Waals surface area contributed by atoms with Gasteiger partial charge in [0.05, 0.1) is 0 Å². The molecule has 2 N–H and O–H groups in total. The molecular weight excluding hydrogens is 478 g/mol. The van der Waals surface area contributed by atoms with Crippen molar-refractivity contribution in [2.75, 3.05) is 13.1 Å². The van der Waals surface area contributed by atoms with Crippen molar-refractivity contribution in [2.24, 2.45) is 0 Å². The Morgan fingerprint density at radius 3 is 2.18 bits per heavy atom. The minimum absolute atomic E-state index is 0.133. The number of amides is 3. The minimum Gasteiger partial charge on any atom is -0.444 e. The average Bonchev–Trinajstić information content (AvgIpc) is 2.84. The van der Waals surface area contributed by atoms with E-state index in [0.717, 1.165) is 61.6 Å². The van der Waals surface area contributed by atoms with E-state index in [2.05, 4.69) is 17.6 Å². The van der Waals surface area contributed by atoms with E-state index in [4.69, 9.17) is 4.74 Å². The van der Waals surface area contributed by atoms with E-state index in [1.807, 2.05) is 32.0 Å². The van der Waals surface area contributed by atoms with E-state index in [9.17, 15) is 14.4 Å². The Labute approximate surface area is 230 Å². The zero-order valence-electron chi connectivity index (χ0n) is 24.7. The topological polar surface area (TPSA) is 87.7 Å². The van der Waals surface area contributed by atoms with Crippen LogP contribution in [0.1, 0.15) is 121 Å². The SMILES string of the molecule is CCCCCCCCN(C(=O)CNC(=O)OC(C)(C)C)C(C(=O)NC1CCCCC1)c1c(C)cccc1C. The van der Waals surface area contributed by atoms with Gasteiger partial charge in [0, 0.05) is 12.6 Å². The molecule has 0 aromatic heterocycles. The van der Waals surface area contributed by atoms with Gasteiger partial charge in [0.1, 0.15) is 18.2 Å². The van der Waals surface area contributed by atoms with Gasteiger partial charge in [0.15, 0.2) is 0 Å². The summed E-state index contributed by atoms with van der Waals surface area (Å²) in [5, 5.41) is 5.89. The molecule has 1 aromatic rings. The zero-order chi connectivity index (χ0) is 28.1. The Balaban J connectivity index is 2.32. The molecule has 1 unspecified atom stereocenters. The summed E-state index contributed by atoms with van der Waals surface area (Å²) in [6, 6.07) is 5.36. The van der Waals surface area contributed by atoms with E-state index in [0.29, 0.717) is 6.54 Å². The first-order valence-corrected chi connectivity index (χ1v) is 14.7. The van der Waals surface area contributed by atoms with Gasteiger partial charge in [-0.1, -0.05) is 76.5 Å². The van der Waals surface area contributed by atoms with E-state index < -0.39 is 17.7 Å². The lowest BCUT2D eigenvalue weighted by atomic mass is 9.92. The van der Waals surface area contributed by atoms with E-state index in [-0.39, 0.29) is 24.4 Å². The third kappa shape index (κ3) is 10.7. The Morgan fingerprint density at radius 1 is 0.974 bits per heavy atom. The number of carbonyl (C=O) groups excluding carboxylic acids is 3. The van der Waals surface area contributed by atoms with Gasteiger partial charge in [-0.25, -0.2) is 4.79 Å². The van der Waals surface area contributed by atoms with Crippen LogP contribution < -0.4 is 10.6 Å². The van der Waals surface area contributed by atoms with E-state index in [1.165, 1.54) is 25.7 Å². The maximum atomic E-state index is 13.9. The normalized spacial score (nSPS) is 15.0. The lowest BCUT2D eigenvalue weighted by Crippen LogP contribution is -2.50.